The molecule has 0 N–H and O–H groups in total. The van der Waals surface area contributed by atoms with Gasteiger partial charge in [0.15, 0.2) is 6.61 Å². The van der Waals surface area contributed by atoms with E-state index in [4.69, 9.17) is 16.3 Å². The quantitative estimate of drug-likeness (QED) is 0.156. The molecule has 0 aliphatic carbocycles. The molecule has 0 aliphatic heterocycles. The van der Waals surface area contributed by atoms with Crippen LogP contribution in [-0.4, -0.2) is 28.3 Å². The smallest absolute Gasteiger partial charge is 0.339 e. The highest BCUT2D eigenvalue weighted by Crippen LogP contribution is 2.26. The fourth-order valence-corrected chi connectivity index (χ4v) is 3.51. The number of fused-ring (bicyclic) bond motifs is 1. The second-order valence-corrected chi connectivity index (χ2v) is 7.77. The molecule has 0 saturated carbocycles. The zero-order chi connectivity index (χ0) is 23.5. The van der Waals surface area contributed by atoms with Gasteiger partial charge in [-0.3, -0.25) is 14.9 Å². The number of aryl methyl sites for hydroxylation is 1. The first-order valence-corrected chi connectivity index (χ1v) is 10.3. The first-order valence-electron chi connectivity index (χ1n) is 9.94. The van der Waals surface area contributed by atoms with Gasteiger partial charge in [-0.05, 0) is 31.2 Å². The van der Waals surface area contributed by atoms with E-state index in [1.165, 1.54) is 18.2 Å². The number of carbonyl (C=O) groups is 2. The van der Waals surface area contributed by atoms with Crippen LogP contribution in [0, 0.1) is 17.0 Å². The van der Waals surface area contributed by atoms with E-state index in [-0.39, 0.29) is 16.8 Å². The van der Waals surface area contributed by atoms with Crippen LogP contribution in [0.5, 0.6) is 0 Å². The summed E-state index contributed by atoms with van der Waals surface area (Å²) in [6.45, 7) is 1.03. The Morgan fingerprint density at radius 1 is 1.03 bits per heavy atom. The summed E-state index contributed by atoms with van der Waals surface area (Å²) in [7, 11) is 0. The summed E-state index contributed by atoms with van der Waals surface area (Å²) in [6.07, 6.45) is 0. The van der Waals surface area contributed by atoms with Gasteiger partial charge in [0.05, 0.1) is 21.7 Å². The maximum atomic E-state index is 12.9. The van der Waals surface area contributed by atoms with E-state index in [0.29, 0.717) is 27.2 Å². The van der Waals surface area contributed by atoms with Crippen molar-refractivity contribution >= 4 is 39.9 Å². The molecule has 0 fully saturated rings. The normalized spacial score (nSPS) is 10.7. The number of ether oxygens (including phenoxy) is 1. The molecule has 0 bridgehead atoms. The Balaban J connectivity index is 1.61. The molecule has 0 radical (unpaired) electrons. The zero-order valence-corrected chi connectivity index (χ0v) is 18.2. The van der Waals surface area contributed by atoms with Crippen molar-refractivity contribution in [2.24, 2.45) is 0 Å². The van der Waals surface area contributed by atoms with Crippen molar-refractivity contribution in [1.82, 2.24) is 4.98 Å². The van der Waals surface area contributed by atoms with Crippen molar-refractivity contribution in [1.29, 1.82) is 0 Å². The lowest BCUT2D eigenvalue weighted by Crippen LogP contribution is -2.15. The van der Waals surface area contributed by atoms with Gasteiger partial charge >= 0.3 is 5.97 Å². The molecule has 1 aromatic heterocycles. The van der Waals surface area contributed by atoms with Gasteiger partial charge in [-0.2, -0.15) is 0 Å². The topological polar surface area (TPSA) is 99.4 Å². The second-order valence-electron chi connectivity index (χ2n) is 7.34. The van der Waals surface area contributed by atoms with Crippen molar-refractivity contribution < 1.29 is 19.2 Å². The van der Waals surface area contributed by atoms with Crippen LogP contribution in [0.2, 0.25) is 5.02 Å². The van der Waals surface area contributed by atoms with Crippen molar-refractivity contribution in [2.75, 3.05) is 6.61 Å². The number of benzene rings is 3. The van der Waals surface area contributed by atoms with Crippen LogP contribution in [0.4, 0.5) is 5.69 Å². The molecule has 3 aromatic carbocycles. The SMILES string of the molecule is Cc1ccc(C(=O)COC(=O)c2cc(-c3ccc(Cl)cc3)nc3ccccc23)cc1[N+](=O)[O-]. The standard InChI is InChI=1S/C25H17ClN2O5/c1-15-6-7-17(12-23(15)28(31)32)24(29)14-33-25(30)20-13-22(16-8-10-18(26)11-9-16)27-21-5-3-2-4-19(20)21/h2-13H,14H2,1H3. The zero-order valence-electron chi connectivity index (χ0n) is 17.4. The van der Waals surface area contributed by atoms with Crippen LogP contribution in [0.1, 0.15) is 26.3 Å². The number of aromatic nitrogens is 1. The van der Waals surface area contributed by atoms with E-state index >= 15 is 0 Å². The Morgan fingerprint density at radius 3 is 2.48 bits per heavy atom. The molecule has 4 aromatic rings. The average Bonchev–Trinajstić information content (AvgIpc) is 2.82. The van der Waals surface area contributed by atoms with Gasteiger partial charge in [0, 0.05) is 33.2 Å². The Morgan fingerprint density at radius 2 is 1.76 bits per heavy atom. The first kappa shape index (κ1) is 22.1. The number of nitrogens with zero attached hydrogens (tertiary/aromatic N) is 2. The van der Waals surface area contributed by atoms with Crippen molar-refractivity contribution in [2.45, 2.75) is 6.92 Å². The minimum Gasteiger partial charge on any atom is -0.454 e. The number of esters is 1. The van der Waals surface area contributed by atoms with Crippen LogP contribution < -0.4 is 0 Å². The lowest BCUT2D eigenvalue weighted by Gasteiger charge is -2.10. The van der Waals surface area contributed by atoms with Gasteiger partial charge < -0.3 is 4.74 Å². The molecule has 0 amide bonds. The summed E-state index contributed by atoms with van der Waals surface area (Å²) >= 11 is 5.97. The van der Waals surface area contributed by atoms with Crippen LogP contribution in [0.3, 0.4) is 0 Å². The van der Waals surface area contributed by atoms with E-state index in [0.717, 1.165) is 5.56 Å². The van der Waals surface area contributed by atoms with E-state index < -0.39 is 23.3 Å². The largest absolute Gasteiger partial charge is 0.454 e. The number of nitro groups is 1. The Bertz CT molecular complexity index is 1400. The van der Waals surface area contributed by atoms with E-state index in [1.54, 1.807) is 55.5 Å². The lowest BCUT2D eigenvalue weighted by atomic mass is 10.0. The Hall–Kier alpha value is -4.10. The summed E-state index contributed by atoms with van der Waals surface area (Å²) in [5.41, 5.74) is 2.54. The van der Waals surface area contributed by atoms with Gasteiger partial charge in [0.25, 0.3) is 5.69 Å². The predicted molar refractivity (Wildman–Crippen MR) is 125 cm³/mol. The van der Waals surface area contributed by atoms with E-state index in [9.17, 15) is 19.7 Å². The highest BCUT2D eigenvalue weighted by molar-refractivity contribution is 6.30. The third-order valence-electron chi connectivity index (χ3n) is 5.14. The summed E-state index contributed by atoms with van der Waals surface area (Å²) in [5.74, 6) is -1.23. The van der Waals surface area contributed by atoms with E-state index in [2.05, 4.69) is 4.98 Å². The molecule has 1 heterocycles. The monoisotopic (exact) mass is 460 g/mol. The number of rotatable bonds is 6. The van der Waals surface area contributed by atoms with Gasteiger partial charge in [-0.25, -0.2) is 9.78 Å². The molecule has 0 atom stereocenters. The molecule has 33 heavy (non-hydrogen) atoms. The van der Waals surface area contributed by atoms with Crippen molar-refractivity contribution in [3.8, 4) is 11.3 Å². The molecule has 4 rings (SSSR count). The molecule has 0 unspecified atom stereocenters. The van der Waals surface area contributed by atoms with E-state index in [1.807, 2.05) is 6.07 Å². The van der Waals surface area contributed by atoms with Gasteiger partial charge in [-0.15, -0.1) is 0 Å². The number of para-hydroxylation sites is 1. The number of Topliss-reactive ketones (excluding diaryl/α,β-unsaturated/α-hetero) is 1. The number of halogens is 1. The lowest BCUT2D eigenvalue weighted by molar-refractivity contribution is -0.385. The molecule has 0 aliphatic rings. The molecule has 164 valence electrons. The Labute approximate surface area is 193 Å². The molecular formula is C25H17ClN2O5. The molecule has 0 saturated heterocycles. The summed E-state index contributed by atoms with van der Waals surface area (Å²) in [6, 6.07) is 19.9. The van der Waals surface area contributed by atoms with Crippen LogP contribution in [-0.2, 0) is 4.74 Å². The second kappa shape index (κ2) is 9.18. The minimum atomic E-state index is -0.696. The maximum absolute atomic E-state index is 12.9. The number of ketones is 1. The number of hydrogen-bond acceptors (Lipinski definition) is 6. The first-order chi connectivity index (χ1) is 15.8. The van der Waals surface area contributed by atoms with Crippen molar-refractivity contribution in [3.63, 3.8) is 0 Å². The summed E-state index contributed by atoms with van der Waals surface area (Å²) in [5, 5.41) is 12.3. The number of carbonyl (C=O) groups excluding carboxylic acids is 2. The van der Waals surface area contributed by atoms with Crippen LogP contribution in [0.25, 0.3) is 22.2 Å². The van der Waals surface area contributed by atoms with Crippen molar-refractivity contribution in [3.05, 3.63) is 105 Å². The summed E-state index contributed by atoms with van der Waals surface area (Å²) in [4.78, 5) is 40.6. The fraction of sp³-hybridized carbons (Fsp3) is 0.0800. The third kappa shape index (κ3) is 4.73. The average molecular weight is 461 g/mol. The van der Waals surface area contributed by atoms with Gasteiger partial charge in [-0.1, -0.05) is 54.1 Å². The molecule has 7 nitrogen and oxygen atoms in total. The molecular weight excluding hydrogens is 444 g/mol. The molecule has 0 spiro atoms. The highest BCUT2D eigenvalue weighted by atomic mass is 35.5. The van der Waals surface area contributed by atoms with Crippen LogP contribution >= 0.6 is 11.6 Å². The number of pyridine rings is 1. The maximum Gasteiger partial charge on any atom is 0.339 e. The minimum absolute atomic E-state index is 0.0986. The Kier molecular flexibility index (Phi) is 6.15. The number of nitro benzene ring substituents is 1. The third-order valence-corrected chi connectivity index (χ3v) is 5.39. The molecule has 8 heteroatoms. The van der Waals surface area contributed by atoms with Gasteiger partial charge in [0.1, 0.15) is 0 Å². The predicted octanol–water partition coefficient (Wildman–Crippen LogP) is 5.81. The summed E-state index contributed by atoms with van der Waals surface area (Å²) < 4.78 is 5.29. The fourth-order valence-electron chi connectivity index (χ4n) is 3.38. The van der Waals surface area contributed by atoms with Gasteiger partial charge in [0.2, 0.25) is 5.78 Å². The van der Waals surface area contributed by atoms with Crippen LogP contribution in [0.15, 0.2) is 72.8 Å². The highest BCUT2D eigenvalue weighted by Gasteiger charge is 2.19. The number of hydrogen-bond donors (Lipinski definition) is 0.